The number of nitro groups is 1. The Morgan fingerprint density at radius 1 is 1.45 bits per heavy atom. The summed E-state index contributed by atoms with van der Waals surface area (Å²) in [6, 6.07) is 3.71. The lowest BCUT2D eigenvalue weighted by molar-refractivity contribution is -0.384. The molecule has 0 spiro atoms. The zero-order valence-electron chi connectivity index (χ0n) is 11.0. The highest BCUT2D eigenvalue weighted by Crippen LogP contribution is 2.31. The van der Waals surface area contributed by atoms with Crippen molar-refractivity contribution in [2.24, 2.45) is 0 Å². The van der Waals surface area contributed by atoms with Crippen molar-refractivity contribution in [2.45, 2.75) is 6.92 Å². The first-order valence-electron chi connectivity index (χ1n) is 5.76. The number of aromatic carboxylic acids is 1. The number of ether oxygens (including phenoxy) is 1. The zero-order chi connectivity index (χ0) is 15.3. The Morgan fingerprint density at radius 3 is 2.60 bits per heavy atom. The molecular formula is C12H14N2O6. The standard InChI is InChI=1S/C12H14N2O6/c1-3-20-10(15)7-13(2)11-8(12(16)17)5-4-6-9(11)14(18)19/h4-6H,3,7H2,1-2H3,(H,16,17). The summed E-state index contributed by atoms with van der Waals surface area (Å²) >= 11 is 0. The molecule has 0 atom stereocenters. The maximum absolute atomic E-state index is 11.4. The van der Waals surface area contributed by atoms with Gasteiger partial charge in [0.1, 0.15) is 12.2 Å². The highest BCUT2D eigenvalue weighted by molar-refractivity contribution is 5.97. The SMILES string of the molecule is CCOC(=O)CN(C)c1c(C(=O)O)cccc1[N+](=O)[O-]. The van der Waals surface area contributed by atoms with Gasteiger partial charge in [0.2, 0.25) is 0 Å². The first-order valence-corrected chi connectivity index (χ1v) is 5.76. The quantitative estimate of drug-likeness (QED) is 0.475. The van der Waals surface area contributed by atoms with Crippen LogP contribution in [0.5, 0.6) is 0 Å². The normalized spacial score (nSPS) is 9.90. The molecule has 0 unspecified atom stereocenters. The molecule has 1 aromatic rings. The van der Waals surface area contributed by atoms with E-state index in [-0.39, 0.29) is 30.1 Å². The van der Waals surface area contributed by atoms with Crippen molar-refractivity contribution < 1.29 is 24.4 Å². The van der Waals surface area contributed by atoms with E-state index in [1.165, 1.54) is 30.1 Å². The summed E-state index contributed by atoms with van der Waals surface area (Å²) in [6.07, 6.45) is 0. The average Bonchev–Trinajstić information content (AvgIpc) is 2.37. The van der Waals surface area contributed by atoms with Gasteiger partial charge >= 0.3 is 11.9 Å². The molecule has 0 saturated heterocycles. The van der Waals surface area contributed by atoms with Crippen molar-refractivity contribution in [3.05, 3.63) is 33.9 Å². The predicted molar refractivity (Wildman–Crippen MR) is 70.0 cm³/mol. The van der Waals surface area contributed by atoms with Crippen molar-refractivity contribution in [1.82, 2.24) is 0 Å². The fourth-order valence-electron chi connectivity index (χ4n) is 1.73. The first kappa shape index (κ1) is 15.4. The van der Waals surface area contributed by atoms with E-state index in [9.17, 15) is 19.7 Å². The van der Waals surface area contributed by atoms with Crippen LogP contribution in [-0.4, -0.2) is 42.2 Å². The third kappa shape index (κ3) is 3.44. The van der Waals surface area contributed by atoms with E-state index in [4.69, 9.17) is 9.84 Å². The molecule has 20 heavy (non-hydrogen) atoms. The molecule has 1 rings (SSSR count). The van der Waals surface area contributed by atoms with Gasteiger partial charge in [0.25, 0.3) is 5.69 Å². The number of nitrogens with zero attached hydrogens (tertiary/aromatic N) is 2. The molecule has 0 heterocycles. The van der Waals surface area contributed by atoms with Crippen LogP contribution in [-0.2, 0) is 9.53 Å². The van der Waals surface area contributed by atoms with Crippen molar-refractivity contribution in [2.75, 3.05) is 25.1 Å². The molecule has 1 aromatic carbocycles. The summed E-state index contributed by atoms with van der Waals surface area (Å²) in [5.41, 5.74) is -0.749. The Balaban J connectivity index is 3.22. The Bertz CT molecular complexity index is 510. The molecule has 1 N–H and O–H groups in total. The van der Waals surface area contributed by atoms with Gasteiger partial charge in [0.15, 0.2) is 0 Å². The predicted octanol–water partition coefficient (Wildman–Crippen LogP) is 1.29. The van der Waals surface area contributed by atoms with Crippen molar-refractivity contribution in [3.8, 4) is 0 Å². The van der Waals surface area contributed by atoms with Gasteiger partial charge < -0.3 is 14.7 Å². The number of likely N-dealkylation sites (N-methyl/N-ethyl adjacent to an activating group) is 1. The molecule has 108 valence electrons. The monoisotopic (exact) mass is 282 g/mol. The Morgan fingerprint density at radius 2 is 2.10 bits per heavy atom. The fourth-order valence-corrected chi connectivity index (χ4v) is 1.73. The lowest BCUT2D eigenvalue weighted by atomic mass is 10.1. The number of hydrogen-bond acceptors (Lipinski definition) is 6. The highest BCUT2D eigenvalue weighted by atomic mass is 16.6. The summed E-state index contributed by atoms with van der Waals surface area (Å²) in [7, 11) is 1.39. The summed E-state index contributed by atoms with van der Waals surface area (Å²) in [4.78, 5) is 34.0. The summed E-state index contributed by atoms with van der Waals surface area (Å²) in [5, 5.41) is 20.1. The summed E-state index contributed by atoms with van der Waals surface area (Å²) in [6.45, 7) is 1.53. The van der Waals surface area contributed by atoms with Crippen molar-refractivity contribution >= 4 is 23.3 Å². The van der Waals surface area contributed by atoms with Crippen LogP contribution in [0.25, 0.3) is 0 Å². The number of anilines is 1. The maximum atomic E-state index is 11.4. The molecule has 0 amide bonds. The van der Waals surface area contributed by atoms with Gasteiger partial charge in [0.05, 0.1) is 17.1 Å². The van der Waals surface area contributed by atoms with Gasteiger partial charge in [-0.15, -0.1) is 0 Å². The second-order valence-electron chi connectivity index (χ2n) is 3.90. The van der Waals surface area contributed by atoms with E-state index in [2.05, 4.69) is 0 Å². The van der Waals surface area contributed by atoms with Crippen LogP contribution < -0.4 is 4.90 Å². The lowest BCUT2D eigenvalue weighted by Crippen LogP contribution is -2.29. The lowest BCUT2D eigenvalue weighted by Gasteiger charge is -2.19. The Labute approximate surface area is 114 Å². The Hall–Kier alpha value is -2.64. The number of para-hydroxylation sites is 1. The number of rotatable bonds is 6. The van der Waals surface area contributed by atoms with Crippen LogP contribution in [0.4, 0.5) is 11.4 Å². The fraction of sp³-hybridized carbons (Fsp3) is 0.333. The smallest absolute Gasteiger partial charge is 0.338 e. The topological polar surface area (TPSA) is 110 Å². The molecule has 0 fully saturated rings. The van der Waals surface area contributed by atoms with Crippen LogP contribution in [0.15, 0.2) is 18.2 Å². The maximum Gasteiger partial charge on any atom is 0.338 e. The molecule has 8 nitrogen and oxygen atoms in total. The molecular weight excluding hydrogens is 268 g/mol. The van der Waals surface area contributed by atoms with Crippen LogP contribution in [0.1, 0.15) is 17.3 Å². The number of nitro benzene ring substituents is 1. The number of hydrogen-bond donors (Lipinski definition) is 1. The van der Waals surface area contributed by atoms with Gasteiger partial charge in [-0.05, 0) is 13.0 Å². The zero-order valence-corrected chi connectivity index (χ0v) is 11.0. The number of carbonyl (C=O) groups excluding carboxylic acids is 1. The third-order valence-corrected chi connectivity index (χ3v) is 2.50. The number of benzene rings is 1. The second-order valence-corrected chi connectivity index (χ2v) is 3.90. The van der Waals surface area contributed by atoms with E-state index < -0.39 is 16.9 Å². The molecule has 0 bridgehead atoms. The molecule has 0 aliphatic rings. The molecule has 0 aliphatic heterocycles. The van der Waals surface area contributed by atoms with E-state index in [1.807, 2.05) is 0 Å². The minimum Gasteiger partial charge on any atom is -0.478 e. The van der Waals surface area contributed by atoms with Crippen molar-refractivity contribution in [1.29, 1.82) is 0 Å². The molecule has 0 aromatic heterocycles. The van der Waals surface area contributed by atoms with Crippen LogP contribution in [0.3, 0.4) is 0 Å². The van der Waals surface area contributed by atoms with Crippen LogP contribution >= 0.6 is 0 Å². The van der Waals surface area contributed by atoms with E-state index in [1.54, 1.807) is 6.92 Å². The molecule has 0 aliphatic carbocycles. The van der Waals surface area contributed by atoms with Gasteiger partial charge in [-0.3, -0.25) is 14.9 Å². The second kappa shape index (κ2) is 6.50. The third-order valence-electron chi connectivity index (χ3n) is 2.50. The number of esters is 1. The van der Waals surface area contributed by atoms with E-state index >= 15 is 0 Å². The summed E-state index contributed by atoms with van der Waals surface area (Å²) < 4.78 is 4.74. The molecule has 0 radical (unpaired) electrons. The Kier molecular flexibility index (Phi) is 5.01. The van der Waals surface area contributed by atoms with Gasteiger partial charge in [-0.25, -0.2) is 4.79 Å². The summed E-state index contributed by atoms with van der Waals surface area (Å²) in [5.74, 6) is -1.90. The minimum absolute atomic E-state index is 0.127. The van der Waals surface area contributed by atoms with Gasteiger partial charge in [-0.2, -0.15) is 0 Å². The number of carbonyl (C=O) groups is 2. The molecule has 8 heteroatoms. The van der Waals surface area contributed by atoms with E-state index in [0.29, 0.717) is 0 Å². The van der Waals surface area contributed by atoms with Gasteiger partial charge in [0, 0.05) is 13.1 Å². The first-order chi connectivity index (χ1) is 9.38. The number of carboxylic acids is 1. The van der Waals surface area contributed by atoms with Crippen LogP contribution in [0.2, 0.25) is 0 Å². The van der Waals surface area contributed by atoms with Crippen molar-refractivity contribution in [3.63, 3.8) is 0 Å². The largest absolute Gasteiger partial charge is 0.478 e. The minimum atomic E-state index is -1.31. The van der Waals surface area contributed by atoms with Gasteiger partial charge in [-0.1, -0.05) is 6.07 Å². The van der Waals surface area contributed by atoms with E-state index in [0.717, 1.165) is 0 Å². The highest BCUT2D eigenvalue weighted by Gasteiger charge is 2.25. The van der Waals surface area contributed by atoms with Crippen LogP contribution in [0, 0.1) is 10.1 Å². The average molecular weight is 282 g/mol. The number of carboxylic acid groups (broad SMARTS) is 1. The molecule has 0 saturated carbocycles.